The zero-order valence-electron chi connectivity index (χ0n) is 13.4. The van der Waals surface area contributed by atoms with Crippen molar-refractivity contribution in [2.75, 3.05) is 24.7 Å². The summed E-state index contributed by atoms with van der Waals surface area (Å²) in [5.41, 5.74) is 2.77. The van der Waals surface area contributed by atoms with Crippen LogP contribution in [0.15, 0.2) is 24.3 Å². The van der Waals surface area contributed by atoms with Gasteiger partial charge in [0.15, 0.2) is 0 Å². The molecule has 0 bridgehead atoms. The van der Waals surface area contributed by atoms with Gasteiger partial charge in [-0.15, -0.1) is 11.8 Å². The molecule has 3 nitrogen and oxygen atoms in total. The van der Waals surface area contributed by atoms with Crippen LogP contribution < -0.4 is 5.32 Å². The highest BCUT2D eigenvalue weighted by atomic mass is 32.2. The van der Waals surface area contributed by atoms with Crippen molar-refractivity contribution < 1.29 is 4.79 Å². The predicted molar refractivity (Wildman–Crippen MR) is 93.1 cm³/mol. The zero-order chi connectivity index (χ0) is 15.4. The van der Waals surface area contributed by atoms with Crippen molar-refractivity contribution in [1.29, 1.82) is 0 Å². The van der Waals surface area contributed by atoms with Crippen molar-refractivity contribution >= 4 is 17.7 Å². The summed E-state index contributed by atoms with van der Waals surface area (Å²) in [4.78, 5) is 14.4. The molecule has 120 valence electrons. The molecular formula is C18H26N2OS. The summed E-state index contributed by atoms with van der Waals surface area (Å²) in [6.45, 7) is 4.02. The topological polar surface area (TPSA) is 32.3 Å². The van der Waals surface area contributed by atoms with E-state index in [0.717, 1.165) is 43.5 Å². The van der Waals surface area contributed by atoms with Crippen molar-refractivity contribution in [3.8, 4) is 0 Å². The molecule has 2 aliphatic heterocycles. The van der Waals surface area contributed by atoms with Crippen molar-refractivity contribution in [1.82, 2.24) is 10.2 Å². The maximum absolute atomic E-state index is 12.4. The smallest absolute Gasteiger partial charge is 0.240 e. The molecule has 1 aromatic carbocycles. The Kier molecular flexibility index (Phi) is 5.42. The molecule has 2 aliphatic rings. The minimum atomic E-state index is 0.0640. The van der Waals surface area contributed by atoms with Gasteiger partial charge in [0.25, 0.3) is 0 Å². The van der Waals surface area contributed by atoms with Crippen LogP contribution >= 0.6 is 11.8 Å². The average Bonchev–Trinajstić information content (AvgIpc) is 3.09. The fraction of sp³-hybridized carbons (Fsp3) is 0.611. The largest absolute Gasteiger partial charge is 0.341 e. The molecule has 1 aromatic rings. The second-order valence-corrected chi connectivity index (χ2v) is 7.60. The number of aryl methyl sites for hydroxylation is 2. The number of hydrogen-bond donors (Lipinski definition) is 1. The third-order valence-electron chi connectivity index (χ3n) is 4.90. The summed E-state index contributed by atoms with van der Waals surface area (Å²) in [5.74, 6) is 2.95. The SMILES string of the molecule is Cc1ccc(CCC2CCN(C(=O)C3CSCN3)CC2)cc1. The highest BCUT2D eigenvalue weighted by Crippen LogP contribution is 2.24. The predicted octanol–water partition coefficient (Wildman–Crippen LogP) is 2.83. The van der Waals surface area contributed by atoms with E-state index in [1.54, 1.807) is 0 Å². The lowest BCUT2D eigenvalue weighted by atomic mass is 9.90. The van der Waals surface area contributed by atoms with Crippen LogP contribution in [0.25, 0.3) is 0 Å². The van der Waals surface area contributed by atoms with Crippen LogP contribution in [0, 0.1) is 12.8 Å². The summed E-state index contributed by atoms with van der Waals surface area (Å²) in [7, 11) is 0. The highest BCUT2D eigenvalue weighted by Gasteiger charge is 2.29. The molecule has 1 N–H and O–H groups in total. The summed E-state index contributed by atoms with van der Waals surface area (Å²) in [6.07, 6.45) is 4.75. The maximum atomic E-state index is 12.4. The molecule has 0 aliphatic carbocycles. The zero-order valence-corrected chi connectivity index (χ0v) is 14.2. The van der Waals surface area contributed by atoms with Gasteiger partial charge in [-0.2, -0.15) is 0 Å². The molecule has 0 radical (unpaired) electrons. The minimum Gasteiger partial charge on any atom is -0.341 e. The molecule has 2 heterocycles. The lowest BCUT2D eigenvalue weighted by molar-refractivity contribution is -0.134. The van der Waals surface area contributed by atoms with E-state index in [4.69, 9.17) is 0 Å². The van der Waals surface area contributed by atoms with Gasteiger partial charge in [0, 0.05) is 24.7 Å². The Labute approximate surface area is 137 Å². The molecule has 3 rings (SSSR count). The van der Waals surface area contributed by atoms with Crippen LogP contribution in [0.1, 0.15) is 30.4 Å². The quantitative estimate of drug-likeness (QED) is 0.926. The average molecular weight is 318 g/mol. The molecule has 0 spiro atoms. The van der Waals surface area contributed by atoms with Crippen LogP contribution in [0.4, 0.5) is 0 Å². The number of piperidine rings is 1. The number of thioether (sulfide) groups is 1. The van der Waals surface area contributed by atoms with Gasteiger partial charge in [-0.3, -0.25) is 10.1 Å². The molecule has 4 heteroatoms. The molecule has 2 fully saturated rings. The van der Waals surface area contributed by atoms with Crippen LogP contribution in [-0.4, -0.2) is 41.6 Å². The Morgan fingerprint density at radius 3 is 2.64 bits per heavy atom. The number of likely N-dealkylation sites (tertiary alicyclic amines) is 1. The van der Waals surface area contributed by atoms with Crippen LogP contribution in [0.5, 0.6) is 0 Å². The second kappa shape index (κ2) is 7.51. The summed E-state index contributed by atoms with van der Waals surface area (Å²) in [5, 5.41) is 3.29. The molecule has 2 saturated heterocycles. The van der Waals surface area contributed by atoms with Crippen molar-refractivity contribution in [3.05, 3.63) is 35.4 Å². The standard InChI is InChI=1S/C18H26N2OS/c1-14-2-4-15(5-3-14)6-7-16-8-10-20(11-9-16)18(21)17-12-22-13-19-17/h2-5,16-17,19H,6-13H2,1H3. The Morgan fingerprint density at radius 1 is 1.27 bits per heavy atom. The van der Waals surface area contributed by atoms with E-state index in [9.17, 15) is 4.79 Å². The lowest BCUT2D eigenvalue weighted by Gasteiger charge is -2.33. The Morgan fingerprint density at radius 2 is 2.00 bits per heavy atom. The van der Waals surface area contributed by atoms with E-state index in [0.29, 0.717) is 5.91 Å². The van der Waals surface area contributed by atoms with Crippen molar-refractivity contribution in [2.45, 2.75) is 38.6 Å². The van der Waals surface area contributed by atoms with Gasteiger partial charge in [-0.25, -0.2) is 0 Å². The van der Waals surface area contributed by atoms with E-state index in [-0.39, 0.29) is 6.04 Å². The molecular weight excluding hydrogens is 292 g/mol. The van der Waals surface area contributed by atoms with Crippen LogP contribution in [0.3, 0.4) is 0 Å². The van der Waals surface area contributed by atoms with E-state index >= 15 is 0 Å². The van der Waals surface area contributed by atoms with E-state index < -0.39 is 0 Å². The fourth-order valence-electron chi connectivity index (χ4n) is 3.34. The molecule has 0 aromatic heterocycles. The Bertz CT molecular complexity index is 488. The van der Waals surface area contributed by atoms with Gasteiger partial charge in [-0.05, 0) is 44.1 Å². The third kappa shape index (κ3) is 4.05. The number of nitrogens with one attached hydrogen (secondary N) is 1. The number of benzene rings is 1. The fourth-order valence-corrected chi connectivity index (χ4v) is 4.27. The molecule has 1 amide bonds. The van der Waals surface area contributed by atoms with Crippen LogP contribution in [0.2, 0.25) is 0 Å². The van der Waals surface area contributed by atoms with E-state index in [2.05, 4.69) is 41.4 Å². The van der Waals surface area contributed by atoms with E-state index in [1.807, 2.05) is 11.8 Å². The number of amides is 1. The van der Waals surface area contributed by atoms with Gasteiger partial charge >= 0.3 is 0 Å². The lowest BCUT2D eigenvalue weighted by Crippen LogP contribution is -2.48. The molecule has 0 saturated carbocycles. The molecule has 22 heavy (non-hydrogen) atoms. The number of carbonyl (C=O) groups excluding carboxylic acids is 1. The van der Waals surface area contributed by atoms with Gasteiger partial charge in [0.1, 0.15) is 0 Å². The first kappa shape index (κ1) is 15.9. The summed E-state index contributed by atoms with van der Waals surface area (Å²) in [6, 6.07) is 8.95. The van der Waals surface area contributed by atoms with Crippen LogP contribution in [-0.2, 0) is 11.2 Å². The third-order valence-corrected chi connectivity index (χ3v) is 5.84. The first-order valence-electron chi connectivity index (χ1n) is 8.38. The van der Waals surface area contributed by atoms with Gasteiger partial charge in [0.2, 0.25) is 5.91 Å². The Hall–Kier alpha value is -1.00. The summed E-state index contributed by atoms with van der Waals surface area (Å²) < 4.78 is 0. The second-order valence-electron chi connectivity index (χ2n) is 6.56. The van der Waals surface area contributed by atoms with Crippen molar-refractivity contribution in [3.63, 3.8) is 0 Å². The number of nitrogens with zero attached hydrogens (tertiary/aromatic N) is 1. The Balaban J connectivity index is 1.41. The van der Waals surface area contributed by atoms with Gasteiger partial charge in [0.05, 0.1) is 6.04 Å². The number of hydrogen-bond acceptors (Lipinski definition) is 3. The molecule has 1 atom stereocenters. The normalized spacial score (nSPS) is 23.0. The van der Waals surface area contributed by atoms with Gasteiger partial charge in [-0.1, -0.05) is 29.8 Å². The number of rotatable bonds is 4. The first-order valence-corrected chi connectivity index (χ1v) is 9.53. The minimum absolute atomic E-state index is 0.0640. The number of carbonyl (C=O) groups is 1. The first-order chi connectivity index (χ1) is 10.7. The highest BCUT2D eigenvalue weighted by molar-refractivity contribution is 7.99. The van der Waals surface area contributed by atoms with Crippen molar-refractivity contribution in [2.24, 2.45) is 5.92 Å². The monoisotopic (exact) mass is 318 g/mol. The summed E-state index contributed by atoms with van der Waals surface area (Å²) >= 11 is 1.82. The molecule has 1 unspecified atom stereocenters. The maximum Gasteiger partial charge on any atom is 0.240 e. The van der Waals surface area contributed by atoms with Gasteiger partial charge < -0.3 is 4.90 Å². The van der Waals surface area contributed by atoms with E-state index in [1.165, 1.54) is 24.0 Å².